The summed E-state index contributed by atoms with van der Waals surface area (Å²) in [7, 11) is 4.32. The van der Waals surface area contributed by atoms with Gasteiger partial charge in [-0.25, -0.2) is 0 Å². The molecule has 1 fully saturated rings. The van der Waals surface area contributed by atoms with Crippen LogP contribution in [0.4, 0.5) is 0 Å². The SMILES string of the molecule is CN1CCC(CN(C)CCC(O)c2ccccc2Cl)C1. The Labute approximate surface area is 127 Å². The number of benzene rings is 1. The third kappa shape index (κ3) is 4.45. The first-order valence-electron chi connectivity index (χ1n) is 7.36. The Morgan fingerprint density at radius 1 is 1.45 bits per heavy atom. The molecule has 0 bridgehead atoms. The Bertz CT molecular complexity index is 427. The van der Waals surface area contributed by atoms with Gasteiger partial charge in [0.2, 0.25) is 0 Å². The van der Waals surface area contributed by atoms with Crippen LogP contribution in [0, 0.1) is 5.92 Å². The smallest absolute Gasteiger partial charge is 0.0816 e. The number of rotatable bonds is 6. The van der Waals surface area contributed by atoms with Crippen molar-refractivity contribution in [3.63, 3.8) is 0 Å². The molecule has 2 atom stereocenters. The van der Waals surface area contributed by atoms with Crippen LogP contribution in [0.5, 0.6) is 0 Å². The van der Waals surface area contributed by atoms with E-state index in [2.05, 4.69) is 23.9 Å². The molecule has 0 aliphatic carbocycles. The lowest BCUT2D eigenvalue weighted by Gasteiger charge is -2.22. The Hall–Kier alpha value is -0.610. The van der Waals surface area contributed by atoms with E-state index >= 15 is 0 Å². The summed E-state index contributed by atoms with van der Waals surface area (Å²) in [5, 5.41) is 10.9. The first-order valence-corrected chi connectivity index (χ1v) is 7.73. The summed E-state index contributed by atoms with van der Waals surface area (Å²) in [5.74, 6) is 0.766. The van der Waals surface area contributed by atoms with Gasteiger partial charge in [0.1, 0.15) is 0 Å². The molecule has 2 rings (SSSR count). The molecule has 0 radical (unpaired) electrons. The maximum atomic E-state index is 10.2. The summed E-state index contributed by atoms with van der Waals surface area (Å²) in [6, 6.07) is 7.54. The summed E-state index contributed by atoms with van der Waals surface area (Å²) < 4.78 is 0. The van der Waals surface area contributed by atoms with E-state index < -0.39 is 6.10 Å². The molecule has 1 aliphatic heterocycles. The molecule has 0 saturated carbocycles. The van der Waals surface area contributed by atoms with Crippen molar-refractivity contribution in [3.05, 3.63) is 34.9 Å². The topological polar surface area (TPSA) is 26.7 Å². The quantitative estimate of drug-likeness (QED) is 0.874. The van der Waals surface area contributed by atoms with E-state index in [4.69, 9.17) is 11.6 Å². The first kappa shape index (κ1) is 15.8. The van der Waals surface area contributed by atoms with Gasteiger partial charge in [0, 0.05) is 24.7 Å². The van der Waals surface area contributed by atoms with E-state index in [1.807, 2.05) is 24.3 Å². The molecule has 0 spiro atoms. The van der Waals surface area contributed by atoms with Gasteiger partial charge in [0.25, 0.3) is 0 Å². The van der Waals surface area contributed by atoms with Gasteiger partial charge in [-0.3, -0.25) is 0 Å². The van der Waals surface area contributed by atoms with E-state index in [0.717, 1.165) is 31.0 Å². The molecule has 1 heterocycles. The van der Waals surface area contributed by atoms with Crippen molar-refractivity contribution in [2.75, 3.05) is 40.3 Å². The second-order valence-electron chi connectivity index (χ2n) is 6.01. The minimum atomic E-state index is -0.475. The third-order valence-corrected chi connectivity index (χ3v) is 4.45. The van der Waals surface area contributed by atoms with Crippen LogP contribution in [0.15, 0.2) is 24.3 Å². The molecular formula is C16H25ClN2O. The minimum Gasteiger partial charge on any atom is -0.388 e. The Morgan fingerprint density at radius 2 is 2.20 bits per heavy atom. The number of aliphatic hydroxyl groups is 1. The van der Waals surface area contributed by atoms with Crippen LogP contribution in [-0.4, -0.2) is 55.2 Å². The lowest BCUT2D eigenvalue weighted by atomic mass is 10.1. The lowest BCUT2D eigenvalue weighted by Crippen LogP contribution is -2.29. The molecular weight excluding hydrogens is 272 g/mol. The standard InChI is InChI=1S/C16H25ClN2O/c1-18-9-7-13(11-18)12-19(2)10-8-16(20)14-5-3-4-6-15(14)17/h3-6,13,16,20H,7-12H2,1-2H3. The molecule has 0 amide bonds. The molecule has 112 valence electrons. The number of aliphatic hydroxyl groups excluding tert-OH is 1. The molecule has 1 N–H and O–H groups in total. The van der Waals surface area contributed by atoms with Crippen LogP contribution in [0.1, 0.15) is 24.5 Å². The van der Waals surface area contributed by atoms with E-state index in [9.17, 15) is 5.11 Å². The van der Waals surface area contributed by atoms with Crippen LogP contribution < -0.4 is 0 Å². The van der Waals surface area contributed by atoms with E-state index in [0.29, 0.717) is 5.02 Å². The van der Waals surface area contributed by atoms with Crippen molar-refractivity contribution in [1.82, 2.24) is 9.80 Å². The summed E-state index contributed by atoms with van der Waals surface area (Å²) >= 11 is 6.11. The van der Waals surface area contributed by atoms with Crippen molar-refractivity contribution >= 4 is 11.6 Å². The number of nitrogens with zero attached hydrogens (tertiary/aromatic N) is 2. The van der Waals surface area contributed by atoms with Crippen molar-refractivity contribution in [2.24, 2.45) is 5.92 Å². The fourth-order valence-electron chi connectivity index (χ4n) is 2.95. The van der Waals surface area contributed by atoms with Crippen LogP contribution in [0.3, 0.4) is 0 Å². The highest BCUT2D eigenvalue weighted by molar-refractivity contribution is 6.31. The zero-order valence-corrected chi connectivity index (χ0v) is 13.2. The van der Waals surface area contributed by atoms with Crippen LogP contribution in [0.25, 0.3) is 0 Å². The minimum absolute atomic E-state index is 0.475. The van der Waals surface area contributed by atoms with E-state index in [1.165, 1.54) is 19.5 Å². The molecule has 1 aliphatic rings. The maximum absolute atomic E-state index is 10.2. The molecule has 3 nitrogen and oxygen atoms in total. The van der Waals surface area contributed by atoms with Crippen LogP contribution in [-0.2, 0) is 0 Å². The van der Waals surface area contributed by atoms with Crippen molar-refractivity contribution in [3.8, 4) is 0 Å². The van der Waals surface area contributed by atoms with Gasteiger partial charge < -0.3 is 14.9 Å². The van der Waals surface area contributed by atoms with Crippen molar-refractivity contribution in [2.45, 2.75) is 18.9 Å². The molecule has 1 saturated heterocycles. The van der Waals surface area contributed by atoms with Gasteiger partial charge in [-0.1, -0.05) is 29.8 Å². The summed E-state index contributed by atoms with van der Waals surface area (Å²) in [6.45, 7) is 4.41. The highest BCUT2D eigenvalue weighted by atomic mass is 35.5. The van der Waals surface area contributed by atoms with Crippen molar-refractivity contribution < 1.29 is 5.11 Å². The molecule has 2 unspecified atom stereocenters. The summed E-state index contributed by atoms with van der Waals surface area (Å²) in [4.78, 5) is 4.71. The average molecular weight is 297 g/mol. The Morgan fingerprint density at radius 3 is 2.85 bits per heavy atom. The zero-order chi connectivity index (χ0) is 14.5. The first-order chi connectivity index (χ1) is 9.56. The highest BCUT2D eigenvalue weighted by Gasteiger charge is 2.21. The highest BCUT2D eigenvalue weighted by Crippen LogP contribution is 2.25. The second-order valence-corrected chi connectivity index (χ2v) is 6.41. The largest absolute Gasteiger partial charge is 0.388 e. The molecule has 20 heavy (non-hydrogen) atoms. The molecule has 4 heteroatoms. The van der Waals surface area contributed by atoms with Crippen molar-refractivity contribution in [1.29, 1.82) is 0 Å². The second kappa shape index (κ2) is 7.41. The average Bonchev–Trinajstić information content (AvgIpc) is 2.82. The monoisotopic (exact) mass is 296 g/mol. The fraction of sp³-hybridized carbons (Fsp3) is 0.625. The van der Waals surface area contributed by atoms with Gasteiger partial charge in [-0.05, 0) is 51.0 Å². The lowest BCUT2D eigenvalue weighted by molar-refractivity contribution is 0.144. The van der Waals surface area contributed by atoms with Gasteiger partial charge in [-0.2, -0.15) is 0 Å². The number of halogens is 1. The van der Waals surface area contributed by atoms with Crippen LogP contribution >= 0.6 is 11.6 Å². The Kier molecular flexibility index (Phi) is 5.85. The van der Waals surface area contributed by atoms with E-state index in [1.54, 1.807) is 0 Å². The normalized spacial score (nSPS) is 21.6. The summed E-state index contributed by atoms with van der Waals surface area (Å²) in [5.41, 5.74) is 0.836. The molecule has 1 aromatic carbocycles. The fourth-order valence-corrected chi connectivity index (χ4v) is 3.21. The number of hydrogen-bond acceptors (Lipinski definition) is 3. The third-order valence-electron chi connectivity index (χ3n) is 4.11. The maximum Gasteiger partial charge on any atom is 0.0816 e. The summed E-state index contributed by atoms with van der Waals surface area (Å²) in [6.07, 6.45) is 1.54. The van der Waals surface area contributed by atoms with E-state index in [-0.39, 0.29) is 0 Å². The number of likely N-dealkylation sites (tertiary alicyclic amines) is 1. The van der Waals surface area contributed by atoms with Gasteiger partial charge in [0.15, 0.2) is 0 Å². The predicted molar refractivity (Wildman–Crippen MR) is 84.1 cm³/mol. The Balaban J connectivity index is 1.75. The zero-order valence-electron chi connectivity index (χ0n) is 12.4. The van der Waals surface area contributed by atoms with Gasteiger partial charge in [0.05, 0.1) is 6.10 Å². The van der Waals surface area contributed by atoms with Gasteiger partial charge >= 0.3 is 0 Å². The van der Waals surface area contributed by atoms with Crippen LogP contribution in [0.2, 0.25) is 5.02 Å². The van der Waals surface area contributed by atoms with Gasteiger partial charge in [-0.15, -0.1) is 0 Å². The predicted octanol–water partition coefficient (Wildman–Crippen LogP) is 2.65. The molecule has 0 aromatic heterocycles. The molecule has 1 aromatic rings. The number of hydrogen-bond donors (Lipinski definition) is 1.